The van der Waals surface area contributed by atoms with Gasteiger partial charge in [-0.1, -0.05) is 42.5 Å². The van der Waals surface area contributed by atoms with Crippen molar-refractivity contribution < 1.29 is 9.90 Å². The lowest BCUT2D eigenvalue weighted by molar-refractivity contribution is 0.187. The highest BCUT2D eigenvalue weighted by Gasteiger charge is 2.19. The van der Waals surface area contributed by atoms with Gasteiger partial charge in [-0.25, -0.2) is 9.48 Å². The number of carbonyl (C=O) groups excluding carboxylic acids is 1. The molecule has 180 valence electrons. The smallest absolute Gasteiger partial charge is 0.317 e. The first-order valence-electron chi connectivity index (χ1n) is 11.4. The van der Waals surface area contributed by atoms with E-state index in [0.717, 1.165) is 29.7 Å². The molecule has 0 saturated heterocycles. The summed E-state index contributed by atoms with van der Waals surface area (Å²) in [5, 5.41) is 16.5. The summed E-state index contributed by atoms with van der Waals surface area (Å²) in [4.78, 5) is 23.4. The highest BCUT2D eigenvalue weighted by Crippen LogP contribution is 2.30. The summed E-state index contributed by atoms with van der Waals surface area (Å²) in [6.07, 6.45) is 3.29. The average Bonchev–Trinajstić information content (AvgIpc) is 3.37. The molecule has 8 nitrogen and oxygen atoms in total. The van der Waals surface area contributed by atoms with Crippen molar-refractivity contribution in [1.82, 2.24) is 14.3 Å². The number of nitrogens with zero attached hydrogens (tertiary/aromatic N) is 3. The predicted octanol–water partition coefficient (Wildman–Crippen LogP) is 3.49. The van der Waals surface area contributed by atoms with E-state index >= 15 is 0 Å². The van der Waals surface area contributed by atoms with Crippen LogP contribution in [-0.2, 0) is 19.9 Å². The molecule has 0 spiro atoms. The van der Waals surface area contributed by atoms with E-state index in [0.29, 0.717) is 17.1 Å². The Morgan fingerprint density at radius 3 is 2.23 bits per heavy atom. The van der Waals surface area contributed by atoms with Gasteiger partial charge in [-0.05, 0) is 56.0 Å². The molecule has 35 heavy (non-hydrogen) atoms. The number of hydrogen-bond acceptors (Lipinski definition) is 4. The van der Waals surface area contributed by atoms with Gasteiger partial charge in [-0.15, -0.1) is 0 Å². The molecule has 0 aliphatic heterocycles. The van der Waals surface area contributed by atoms with Crippen molar-refractivity contribution >= 4 is 11.8 Å². The molecular weight excluding hydrogens is 442 g/mol. The Morgan fingerprint density at radius 1 is 1.06 bits per heavy atom. The number of carbonyl (C=O) groups is 1. The van der Waals surface area contributed by atoms with Crippen molar-refractivity contribution in [3.63, 3.8) is 0 Å². The van der Waals surface area contributed by atoms with Gasteiger partial charge >= 0.3 is 6.03 Å². The number of para-hydroxylation sites is 1. The number of nitrogens with two attached hydrogens (primary N) is 1. The van der Waals surface area contributed by atoms with Crippen LogP contribution in [0, 0.1) is 13.8 Å². The first-order valence-corrected chi connectivity index (χ1v) is 11.4. The molecule has 2 amide bonds. The molecule has 0 fully saturated rings. The molecule has 2 aromatic heterocycles. The lowest BCUT2D eigenvalue weighted by Crippen LogP contribution is -2.21. The number of pyridine rings is 1. The number of fused-ring (bicyclic) bond motifs is 1. The van der Waals surface area contributed by atoms with Crippen LogP contribution >= 0.6 is 0 Å². The zero-order valence-corrected chi connectivity index (χ0v) is 20.0. The second-order valence-corrected chi connectivity index (χ2v) is 8.72. The van der Waals surface area contributed by atoms with Crippen LogP contribution in [0.15, 0.2) is 71.7 Å². The molecule has 2 heterocycles. The third-order valence-electron chi connectivity index (χ3n) is 6.03. The molecule has 0 atom stereocenters. The lowest BCUT2D eigenvalue weighted by Gasteiger charge is -2.07. The van der Waals surface area contributed by atoms with E-state index in [4.69, 9.17) is 5.73 Å². The first kappa shape index (κ1) is 24.0. The predicted molar refractivity (Wildman–Crippen MR) is 137 cm³/mol. The minimum Gasteiger partial charge on any atom is -0.392 e. The Morgan fingerprint density at radius 2 is 1.66 bits per heavy atom. The van der Waals surface area contributed by atoms with Crippen LogP contribution in [0.2, 0.25) is 0 Å². The summed E-state index contributed by atoms with van der Waals surface area (Å²) in [5.41, 5.74) is 11.5. The minimum atomic E-state index is -0.664. The van der Waals surface area contributed by atoms with Crippen LogP contribution in [0.1, 0.15) is 22.3 Å². The number of aryl methyl sites for hydroxylation is 2. The topological polar surface area (TPSA) is 115 Å². The first-order chi connectivity index (χ1) is 16.7. The molecule has 8 heteroatoms. The van der Waals surface area contributed by atoms with Crippen molar-refractivity contribution in [2.75, 3.05) is 5.32 Å². The number of amides is 2. The maximum Gasteiger partial charge on any atom is 0.317 e. The van der Waals surface area contributed by atoms with E-state index in [1.54, 1.807) is 30.9 Å². The van der Waals surface area contributed by atoms with Crippen LogP contribution in [0.4, 0.5) is 10.6 Å². The lowest BCUT2D eigenvalue weighted by atomic mass is 10.1. The number of anilines is 1. The number of nitrogens with one attached hydrogen (secondary N) is 1. The number of primary amides is 1. The third-order valence-corrected chi connectivity index (χ3v) is 6.03. The van der Waals surface area contributed by atoms with Gasteiger partial charge in [0.25, 0.3) is 5.56 Å². The normalized spacial score (nSPS) is 12.6. The van der Waals surface area contributed by atoms with Gasteiger partial charge < -0.3 is 15.4 Å². The fraction of sp³-hybridized carbons (Fsp3) is 0.222. The van der Waals surface area contributed by atoms with Gasteiger partial charge in [-0.2, -0.15) is 5.10 Å². The Bertz CT molecular complexity index is 1370. The van der Waals surface area contributed by atoms with Crippen molar-refractivity contribution in [1.29, 1.82) is 0 Å². The highest BCUT2D eigenvalue weighted by molar-refractivity contribution is 5.89. The summed E-state index contributed by atoms with van der Waals surface area (Å²) in [6, 6.07) is 18.8. The van der Waals surface area contributed by atoms with E-state index in [-0.39, 0.29) is 11.7 Å². The SMILES string of the molecule is Cc1c(-c2cc(C)c(=O)n(C)c2)nn(-c2ccccc2)c1NC(N)=O.OC1Cc2ccccc2C1. The summed E-state index contributed by atoms with van der Waals surface area (Å²) in [5.74, 6) is 0.500. The zero-order valence-electron chi connectivity index (χ0n) is 20.0. The van der Waals surface area contributed by atoms with E-state index in [9.17, 15) is 14.7 Å². The zero-order chi connectivity index (χ0) is 25.1. The van der Waals surface area contributed by atoms with Crippen LogP contribution in [0.25, 0.3) is 16.9 Å². The Kier molecular flexibility index (Phi) is 6.84. The molecule has 0 bridgehead atoms. The quantitative estimate of drug-likeness (QED) is 0.424. The maximum absolute atomic E-state index is 11.9. The van der Waals surface area contributed by atoms with Crippen LogP contribution < -0.4 is 16.6 Å². The van der Waals surface area contributed by atoms with E-state index in [1.165, 1.54) is 15.7 Å². The number of hydrogen-bond donors (Lipinski definition) is 3. The van der Waals surface area contributed by atoms with E-state index in [2.05, 4.69) is 22.5 Å². The molecule has 0 radical (unpaired) electrons. The molecule has 1 aliphatic rings. The molecule has 5 rings (SSSR count). The van der Waals surface area contributed by atoms with Gasteiger partial charge in [0.15, 0.2) is 0 Å². The average molecular weight is 472 g/mol. The molecule has 4 N–H and O–H groups in total. The molecule has 1 aliphatic carbocycles. The fourth-order valence-corrected chi connectivity index (χ4v) is 4.33. The number of aliphatic hydroxyl groups excluding tert-OH is 1. The van der Waals surface area contributed by atoms with Gasteiger partial charge in [0.1, 0.15) is 5.82 Å². The standard InChI is InChI=1S/C18H19N5O2.C9H10O/c1-11-9-13(10-22(3)17(11)24)15-12(2)16(20-18(19)25)23(21-15)14-7-5-4-6-8-14;10-9-5-7-3-1-2-4-8(7)6-9/h4-10H,1-3H3,(H3,19,20,25);1-4,9-10H,5-6H2. The minimum absolute atomic E-state index is 0.0561. The van der Waals surface area contributed by atoms with Crippen molar-refractivity contribution in [3.8, 4) is 16.9 Å². The summed E-state index contributed by atoms with van der Waals surface area (Å²) in [7, 11) is 1.70. The van der Waals surface area contributed by atoms with Gasteiger partial charge in [0, 0.05) is 29.9 Å². The molecule has 0 unspecified atom stereocenters. The summed E-state index contributed by atoms with van der Waals surface area (Å²) < 4.78 is 3.16. The summed E-state index contributed by atoms with van der Waals surface area (Å²) >= 11 is 0. The van der Waals surface area contributed by atoms with Gasteiger partial charge in [0.05, 0.1) is 17.5 Å². The summed E-state index contributed by atoms with van der Waals surface area (Å²) in [6.45, 7) is 3.62. The van der Waals surface area contributed by atoms with E-state index in [1.807, 2.05) is 49.4 Å². The third kappa shape index (κ3) is 5.17. The van der Waals surface area contributed by atoms with Crippen LogP contribution in [-0.4, -0.2) is 31.6 Å². The van der Waals surface area contributed by atoms with Crippen LogP contribution in [0.5, 0.6) is 0 Å². The molecule has 0 saturated carbocycles. The number of urea groups is 1. The largest absolute Gasteiger partial charge is 0.392 e. The van der Waals surface area contributed by atoms with Gasteiger partial charge in [-0.3, -0.25) is 10.1 Å². The van der Waals surface area contributed by atoms with Crippen molar-refractivity contribution in [2.24, 2.45) is 12.8 Å². The highest BCUT2D eigenvalue weighted by atomic mass is 16.3. The van der Waals surface area contributed by atoms with Crippen LogP contribution in [0.3, 0.4) is 0 Å². The Labute approximate surface area is 203 Å². The second-order valence-electron chi connectivity index (χ2n) is 8.72. The van der Waals surface area contributed by atoms with Crippen molar-refractivity contribution in [2.45, 2.75) is 32.8 Å². The van der Waals surface area contributed by atoms with E-state index < -0.39 is 6.03 Å². The maximum atomic E-state index is 11.9. The Hall–Kier alpha value is -4.17. The Balaban J connectivity index is 0.000000239. The molecule has 4 aromatic rings. The second kappa shape index (κ2) is 9.99. The number of rotatable bonds is 3. The monoisotopic (exact) mass is 471 g/mol. The molecular formula is C27H29N5O3. The van der Waals surface area contributed by atoms with Crippen molar-refractivity contribution in [3.05, 3.63) is 99.5 Å². The number of benzene rings is 2. The molecule has 2 aromatic carbocycles. The number of aliphatic hydroxyl groups is 1. The van der Waals surface area contributed by atoms with Gasteiger partial charge in [0.2, 0.25) is 0 Å². The number of aromatic nitrogens is 3. The fourth-order valence-electron chi connectivity index (χ4n) is 4.33.